The Balaban J connectivity index is 1.89. The van der Waals surface area contributed by atoms with Gasteiger partial charge in [0.2, 0.25) is 0 Å². The number of phenols is 1. The average Bonchev–Trinajstić information content (AvgIpc) is 2.81. The fraction of sp³-hybridized carbons (Fsp3) is 0.200. The molecular formula is C15H14BrNO3. The van der Waals surface area contributed by atoms with Gasteiger partial charge in [-0.15, -0.1) is 0 Å². The summed E-state index contributed by atoms with van der Waals surface area (Å²) < 4.78 is 11.9. The lowest BCUT2D eigenvalue weighted by Crippen LogP contribution is -2.12. The summed E-state index contributed by atoms with van der Waals surface area (Å²) in [5.41, 5.74) is 1.93. The Labute approximate surface area is 125 Å². The Bertz CT molecular complexity index is 645. The minimum absolute atomic E-state index is 0.0359. The van der Waals surface area contributed by atoms with Gasteiger partial charge < -0.3 is 19.9 Å². The van der Waals surface area contributed by atoms with Crippen LogP contribution in [0.3, 0.4) is 0 Å². The van der Waals surface area contributed by atoms with Crippen LogP contribution < -0.4 is 14.8 Å². The minimum Gasteiger partial charge on any atom is -0.508 e. The highest BCUT2D eigenvalue weighted by Crippen LogP contribution is 2.38. The molecular weight excluding hydrogens is 322 g/mol. The Morgan fingerprint density at radius 1 is 1.30 bits per heavy atom. The van der Waals surface area contributed by atoms with E-state index in [9.17, 15) is 5.11 Å². The van der Waals surface area contributed by atoms with Gasteiger partial charge in [-0.3, -0.25) is 0 Å². The standard InChI is InChI=1S/C15H14BrNO3/c1-19-14-5-2-9(16)6-12(14)17-13-8-20-15-7-10(18)3-4-11(13)15/h2-7,13,17-18H,8H2,1H3. The lowest BCUT2D eigenvalue weighted by Gasteiger charge is -2.16. The van der Waals surface area contributed by atoms with Crippen molar-refractivity contribution in [2.45, 2.75) is 6.04 Å². The molecule has 1 aliphatic rings. The molecule has 20 heavy (non-hydrogen) atoms. The number of hydrogen-bond acceptors (Lipinski definition) is 4. The molecule has 0 saturated heterocycles. The van der Waals surface area contributed by atoms with Crippen LogP contribution >= 0.6 is 15.9 Å². The monoisotopic (exact) mass is 335 g/mol. The normalized spacial score (nSPS) is 16.4. The highest BCUT2D eigenvalue weighted by atomic mass is 79.9. The van der Waals surface area contributed by atoms with Gasteiger partial charge in [-0.1, -0.05) is 15.9 Å². The van der Waals surface area contributed by atoms with Crippen LogP contribution in [0.2, 0.25) is 0 Å². The molecule has 2 aromatic rings. The lowest BCUT2D eigenvalue weighted by molar-refractivity contribution is 0.337. The zero-order valence-corrected chi connectivity index (χ0v) is 12.5. The van der Waals surface area contributed by atoms with E-state index in [1.54, 1.807) is 19.2 Å². The van der Waals surface area contributed by atoms with Crippen molar-refractivity contribution < 1.29 is 14.6 Å². The second kappa shape index (κ2) is 5.25. The van der Waals surface area contributed by atoms with Crippen LogP contribution in [-0.2, 0) is 0 Å². The topological polar surface area (TPSA) is 50.7 Å². The lowest BCUT2D eigenvalue weighted by atomic mass is 10.1. The van der Waals surface area contributed by atoms with Gasteiger partial charge in [0.25, 0.3) is 0 Å². The van der Waals surface area contributed by atoms with Crippen molar-refractivity contribution in [3.8, 4) is 17.2 Å². The van der Waals surface area contributed by atoms with E-state index in [0.717, 1.165) is 27.2 Å². The summed E-state index contributed by atoms with van der Waals surface area (Å²) in [5, 5.41) is 12.9. The molecule has 0 spiro atoms. The molecule has 0 amide bonds. The molecule has 1 unspecified atom stereocenters. The first-order valence-electron chi connectivity index (χ1n) is 6.23. The number of anilines is 1. The maximum Gasteiger partial charge on any atom is 0.142 e. The van der Waals surface area contributed by atoms with Crippen molar-refractivity contribution in [1.82, 2.24) is 0 Å². The molecule has 1 aliphatic heterocycles. The summed E-state index contributed by atoms with van der Waals surface area (Å²) in [6, 6.07) is 11.0. The van der Waals surface area contributed by atoms with E-state index in [-0.39, 0.29) is 11.8 Å². The molecule has 5 heteroatoms. The number of rotatable bonds is 3. The van der Waals surface area contributed by atoms with E-state index < -0.39 is 0 Å². The number of aromatic hydroxyl groups is 1. The SMILES string of the molecule is COc1ccc(Br)cc1NC1COc2cc(O)ccc21. The van der Waals surface area contributed by atoms with Crippen molar-refractivity contribution in [2.24, 2.45) is 0 Å². The average molecular weight is 336 g/mol. The first-order valence-corrected chi connectivity index (χ1v) is 7.02. The first-order chi connectivity index (χ1) is 9.67. The molecule has 104 valence electrons. The number of methoxy groups -OCH3 is 1. The summed E-state index contributed by atoms with van der Waals surface area (Å²) in [4.78, 5) is 0. The van der Waals surface area contributed by atoms with Gasteiger partial charge in [-0.05, 0) is 30.3 Å². The molecule has 0 aromatic heterocycles. The Morgan fingerprint density at radius 3 is 2.95 bits per heavy atom. The van der Waals surface area contributed by atoms with E-state index in [0.29, 0.717) is 6.61 Å². The maximum absolute atomic E-state index is 9.46. The van der Waals surface area contributed by atoms with Crippen LogP contribution in [0.15, 0.2) is 40.9 Å². The molecule has 2 N–H and O–H groups in total. The summed E-state index contributed by atoms with van der Waals surface area (Å²) in [6.45, 7) is 0.522. The number of phenolic OH excluding ortho intramolecular Hbond substituents is 1. The maximum atomic E-state index is 9.46. The smallest absolute Gasteiger partial charge is 0.142 e. The third-order valence-corrected chi connectivity index (χ3v) is 3.76. The van der Waals surface area contributed by atoms with E-state index in [2.05, 4.69) is 21.2 Å². The molecule has 0 bridgehead atoms. The van der Waals surface area contributed by atoms with Crippen molar-refractivity contribution in [1.29, 1.82) is 0 Å². The van der Waals surface area contributed by atoms with Crippen molar-refractivity contribution in [3.05, 3.63) is 46.4 Å². The molecule has 0 aliphatic carbocycles. The van der Waals surface area contributed by atoms with Crippen molar-refractivity contribution in [3.63, 3.8) is 0 Å². The predicted molar refractivity (Wildman–Crippen MR) is 80.7 cm³/mol. The van der Waals surface area contributed by atoms with E-state index in [1.165, 1.54) is 0 Å². The van der Waals surface area contributed by atoms with E-state index in [4.69, 9.17) is 9.47 Å². The van der Waals surface area contributed by atoms with Crippen LogP contribution in [0.4, 0.5) is 5.69 Å². The number of halogens is 1. The summed E-state index contributed by atoms with van der Waals surface area (Å²) in [7, 11) is 1.64. The van der Waals surface area contributed by atoms with E-state index >= 15 is 0 Å². The summed E-state index contributed by atoms with van der Waals surface area (Å²) >= 11 is 3.46. The van der Waals surface area contributed by atoms with Crippen LogP contribution in [0, 0.1) is 0 Å². The van der Waals surface area contributed by atoms with Gasteiger partial charge in [-0.25, -0.2) is 0 Å². The van der Waals surface area contributed by atoms with Gasteiger partial charge >= 0.3 is 0 Å². The zero-order valence-electron chi connectivity index (χ0n) is 10.9. The molecule has 3 rings (SSSR count). The second-order valence-electron chi connectivity index (χ2n) is 4.57. The molecule has 2 aromatic carbocycles. The Morgan fingerprint density at radius 2 is 2.15 bits per heavy atom. The van der Waals surface area contributed by atoms with Crippen LogP contribution in [0.25, 0.3) is 0 Å². The van der Waals surface area contributed by atoms with Crippen molar-refractivity contribution in [2.75, 3.05) is 19.0 Å². The molecule has 4 nitrogen and oxygen atoms in total. The molecule has 0 fully saturated rings. The first kappa shape index (κ1) is 13.1. The zero-order chi connectivity index (χ0) is 14.1. The minimum atomic E-state index is 0.0359. The van der Waals surface area contributed by atoms with Gasteiger partial charge in [0.15, 0.2) is 0 Å². The van der Waals surface area contributed by atoms with Crippen molar-refractivity contribution >= 4 is 21.6 Å². The van der Waals surface area contributed by atoms with Gasteiger partial charge in [0.05, 0.1) is 18.8 Å². The molecule has 0 radical (unpaired) electrons. The largest absolute Gasteiger partial charge is 0.508 e. The number of ether oxygens (including phenoxy) is 2. The Hall–Kier alpha value is -1.88. The summed E-state index contributed by atoms with van der Waals surface area (Å²) in [6.07, 6.45) is 0. The van der Waals surface area contributed by atoms with Crippen LogP contribution in [0.5, 0.6) is 17.2 Å². The Kier molecular flexibility index (Phi) is 3.44. The third kappa shape index (κ3) is 2.41. The number of hydrogen-bond donors (Lipinski definition) is 2. The molecule has 1 atom stereocenters. The summed E-state index contributed by atoms with van der Waals surface area (Å²) in [5.74, 6) is 1.71. The fourth-order valence-electron chi connectivity index (χ4n) is 2.30. The number of nitrogens with one attached hydrogen (secondary N) is 1. The highest BCUT2D eigenvalue weighted by molar-refractivity contribution is 9.10. The molecule has 1 heterocycles. The number of fused-ring (bicyclic) bond motifs is 1. The van der Waals surface area contributed by atoms with E-state index in [1.807, 2.05) is 24.3 Å². The van der Waals surface area contributed by atoms with Gasteiger partial charge in [0.1, 0.15) is 23.9 Å². The third-order valence-electron chi connectivity index (χ3n) is 3.27. The predicted octanol–water partition coefficient (Wildman–Crippen LogP) is 3.71. The second-order valence-corrected chi connectivity index (χ2v) is 5.49. The van der Waals surface area contributed by atoms with Crippen LogP contribution in [0.1, 0.15) is 11.6 Å². The molecule has 0 saturated carbocycles. The fourth-order valence-corrected chi connectivity index (χ4v) is 2.66. The highest BCUT2D eigenvalue weighted by Gasteiger charge is 2.25. The number of benzene rings is 2. The van der Waals surface area contributed by atoms with Gasteiger partial charge in [0, 0.05) is 16.1 Å². The quantitative estimate of drug-likeness (QED) is 0.897. The van der Waals surface area contributed by atoms with Crippen LogP contribution in [-0.4, -0.2) is 18.8 Å². The van der Waals surface area contributed by atoms with Gasteiger partial charge in [-0.2, -0.15) is 0 Å².